The molecule has 1 amide bonds. The van der Waals surface area contributed by atoms with Crippen LogP contribution in [-0.2, 0) is 4.79 Å². The first-order valence-electron chi connectivity index (χ1n) is 7.13. The number of likely N-dealkylation sites (tertiary alicyclic amines) is 1. The van der Waals surface area contributed by atoms with Gasteiger partial charge in [-0.05, 0) is 49.5 Å². The predicted molar refractivity (Wildman–Crippen MR) is 84.1 cm³/mol. The number of aliphatic hydroxyl groups is 1. The number of aliphatic hydroxyl groups excluding tert-OH is 1. The molecular formula is C16H19BrFNO2. The molecule has 114 valence electrons. The Labute approximate surface area is 132 Å². The lowest BCUT2D eigenvalue weighted by Gasteiger charge is -2.31. The zero-order valence-corrected chi connectivity index (χ0v) is 13.4. The van der Waals surface area contributed by atoms with Crippen molar-refractivity contribution >= 4 is 27.9 Å². The molecule has 1 aliphatic rings. The first-order valence-corrected chi connectivity index (χ1v) is 7.92. The van der Waals surface area contributed by atoms with Crippen LogP contribution >= 0.6 is 15.9 Å². The van der Waals surface area contributed by atoms with Crippen LogP contribution < -0.4 is 0 Å². The van der Waals surface area contributed by atoms with Crippen LogP contribution in [0.3, 0.4) is 0 Å². The number of benzene rings is 1. The third kappa shape index (κ3) is 4.64. The van der Waals surface area contributed by atoms with Crippen molar-refractivity contribution in [2.45, 2.75) is 19.3 Å². The fourth-order valence-corrected chi connectivity index (χ4v) is 2.97. The van der Waals surface area contributed by atoms with E-state index >= 15 is 0 Å². The Balaban J connectivity index is 2.00. The molecule has 0 saturated carbocycles. The molecule has 1 aromatic carbocycles. The lowest BCUT2D eigenvalue weighted by Crippen LogP contribution is -2.39. The average Bonchev–Trinajstić information content (AvgIpc) is 2.48. The van der Waals surface area contributed by atoms with Gasteiger partial charge in [0, 0.05) is 35.8 Å². The second kappa shape index (κ2) is 7.71. The molecule has 1 aliphatic heterocycles. The minimum Gasteiger partial charge on any atom is -0.396 e. The van der Waals surface area contributed by atoms with E-state index in [2.05, 4.69) is 15.9 Å². The van der Waals surface area contributed by atoms with Gasteiger partial charge in [-0.25, -0.2) is 4.39 Å². The summed E-state index contributed by atoms with van der Waals surface area (Å²) in [7, 11) is 0. The van der Waals surface area contributed by atoms with Crippen LogP contribution in [0.25, 0.3) is 6.08 Å². The monoisotopic (exact) mass is 355 g/mol. The summed E-state index contributed by atoms with van der Waals surface area (Å²) >= 11 is 3.29. The maximum absolute atomic E-state index is 13.6. The van der Waals surface area contributed by atoms with Crippen molar-refractivity contribution in [1.82, 2.24) is 4.90 Å². The molecule has 1 fully saturated rings. The number of carbonyl (C=O) groups is 1. The van der Waals surface area contributed by atoms with Crippen LogP contribution in [0.5, 0.6) is 0 Å². The number of hydrogen-bond donors (Lipinski definition) is 1. The van der Waals surface area contributed by atoms with Crippen LogP contribution in [0, 0.1) is 11.7 Å². The van der Waals surface area contributed by atoms with Crippen molar-refractivity contribution in [3.63, 3.8) is 0 Å². The summed E-state index contributed by atoms with van der Waals surface area (Å²) in [6.07, 6.45) is 5.67. The molecule has 21 heavy (non-hydrogen) atoms. The van der Waals surface area contributed by atoms with E-state index in [1.807, 2.05) is 0 Å². The summed E-state index contributed by atoms with van der Waals surface area (Å²) in [4.78, 5) is 13.9. The first kappa shape index (κ1) is 16.2. The second-order valence-electron chi connectivity index (χ2n) is 5.30. The number of carbonyl (C=O) groups excluding carboxylic acids is 1. The Morgan fingerprint density at radius 3 is 3.10 bits per heavy atom. The molecule has 0 aromatic heterocycles. The van der Waals surface area contributed by atoms with Gasteiger partial charge in [-0.2, -0.15) is 0 Å². The second-order valence-corrected chi connectivity index (χ2v) is 6.22. The van der Waals surface area contributed by atoms with E-state index in [1.165, 1.54) is 18.2 Å². The molecule has 0 radical (unpaired) electrons. The number of hydrogen-bond acceptors (Lipinski definition) is 2. The van der Waals surface area contributed by atoms with Crippen LogP contribution in [0.4, 0.5) is 4.39 Å². The van der Waals surface area contributed by atoms with Crippen molar-refractivity contribution in [1.29, 1.82) is 0 Å². The molecule has 1 aromatic rings. The quantitative estimate of drug-likeness (QED) is 0.842. The van der Waals surface area contributed by atoms with Gasteiger partial charge in [0.1, 0.15) is 5.82 Å². The van der Waals surface area contributed by atoms with Crippen molar-refractivity contribution in [2.75, 3.05) is 19.7 Å². The first-order chi connectivity index (χ1) is 10.1. The van der Waals surface area contributed by atoms with Gasteiger partial charge in [-0.1, -0.05) is 15.9 Å². The van der Waals surface area contributed by atoms with Crippen molar-refractivity contribution in [3.05, 3.63) is 40.1 Å². The maximum atomic E-state index is 13.6. The van der Waals surface area contributed by atoms with Gasteiger partial charge >= 0.3 is 0 Å². The molecule has 0 spiro atoms. The summed E-state index contributed by atoms with van der Waals surface area (Å²) in [5.74, 6) is -0.0835. The molecule has 1 N–H and O–H groups in total. The highest BCUT2D eigenvalue weighted by Gasteiger charge is 2.21. The summed E-state index contributed by atoms with van der Waals surface area (Å²) in [6.45, 7) is 1.56. The molecule has 1 heterocycles. The number of amides is 1. The largest absolute Gasteiger partial charge is 0.396 e. The summed E-state index contributed by atoms with van der Waals surface area (Å²) in [6, 6.07) is 4.63. The third-order valence-corrected chi connectivity index (χ3v) is 4.22. The number of piperidine rings is 1. The third-order valence-electron chi connectivity index (χ3n) is 3.73. The van der Waals surface area contributed by atoms with Gasteiger partial charge in [-0.3, -0.25) is 4.79 Å². The van der Waals surface area contributed by atoms with E-state index in [-0.39, 0.29) is 18.3 Å². The standard InChI is InChI=1S/C16H19BrFNO2/c17-14-4-5-15(18)13(10-14)3-6-16(21)19-8-1-2-12(11-19)7-9-20/h3-6,10,12,20H,1-2,7-9,11H2. The molecule has 1 saturated heterocycles. The number of halogens is 2. The molecule has 0 aliphatic carbocycles. The SMILES string of the molecule is O=C(C=Cc1cc(Br)ccc1F)N1CCCC(CCO)C1. The van der Waals surface area contributed by atoms with Crippen molar-refractivity contribution < 1.29 is 14.3 Å². The maximum Gasteiger partial charge on any atom is 0.246 e. The highest BCUT2D eigenvalue weighted by molar-refractivity contribution is 9.10. The Morgan fingerprint density at radius 1 is 1.52 bits per heavy atom. The van der Waals surface area contributed by atoms with Crippen molar-refractivity contribution in [2.24, 2.45) is 5.92 Å². The minimum absolute atomic E-state index is 0.1000. The van der Waals surface area contributed by atoms with Crippen LogP contribution in [0.15, 0.2) is 28.7 Å². The molecule has 1 unspecified atom stereocenters. The van der Waals surface area contributed by atoms with Gasteiger partial charge in [-0.15, -0.1) is 0 Å². The summed E-state index contributed by atoms with van der Waals surface area (Å²) in [5.41, 5.74) is 0.390. The highest BCUT2D eigenvalue weighted by atomic mass is 79.9. The lowest BCUT2D eigenvalue weighted by molar-refractivity contribution is -0.127. The van der Waals surface area contributed by atoms with Gasteiger partial charge in [0.25, 0.3) is 0 Å². The predicted octanol–water partition coefficient (Wildman–Crippen LogP) is 3.22. The van der Waals surface area contributed by atoms with Gasteiger partial charge in [0.15, 0.2) is 0 Å². The zero-order valence-electron chi connectivity index (χ0n) is 11.8. The van der Waals surface area contributed by atoms with Crippen LogP contribution in [0.1, 0.15) is 24.8 Å². The lowest BCUT2D eigenvalue weighted by atomic mass is 9.95. The molecule has 2 rings (SSSR count). The number of rotatable bonds is 4. The van der Waals surface area contributed by atoms with Gasteiger partial charge in [0.2, 0.25) is 5.91 Å². The number of nitrogens with zero attached hydrogens (tertiary/aromatic N) is 1. The highest BCUT2D eigenvalue weighted by Crippen LogP contribution is 2.20. The molecule has 3 nitrogen and oxygen atoms in total. The molecule has 0 bridgehead atoms. The average molecular weight is 356 g/mol. The molecule has 5 heteroatoms. The Bertz CT molecular complexity index is 531. The van der Waals surface area contributed by atoms with Gasteiger partial charge < -0.3 is 10.0 Å². The Kier molecular flexibility index (Phi) is 5.94. The van der Waals surface area contributed by atoms with E-state index in [1.54, 1.807) is 17.0 Å². The van der Waals surface area contributed by atoms with E-state index in [4.69, 9.17) is 5.11 Å². The fraction of sp³-hybridized carbons (Fsp3) is 0.438. The minimum atomic E-state index is -0.348. The molecule has 1 atom stereocenters. The van der Waals surface area contributed by atoms with Crippen LogP contribution in [0.2, 0.25) is 0 Å². The normalized spacial score (nSPS) is 19.2. The van der Waals surface area contributed by atoms with E-state index in [9.17, 15) is 9.18 Å². The van der Waals surface area contributed by atoms with Crippen molar-refractivity contribution in [3.8, 4) is 0 Å². The van der Waals surface area contributed by atoms with E-state index in [0.717, 1.165) is 30.3 Å². The van der Waals surface area contributed by atoms with Crippen LogP contribution in [-0.4, -0.2) is 35.6 Å². The smallest absolute Gasteiger partial charge is 0.246 e. The topological polar surface area (TPSA) is 40.5 Å². The molecular weight excluding hydrogens is 337 g/mol. The summed E-state index contributed by atoms with van der Waals surface area (Å²) in [5, 5.41) is 8.99. The summed E-state index contributed by atoms with van der Waals surface area (Å²) < 4.78 is 14.4. The van der Waals surface area contributed by atoms with E-state index in [0.29, 0.717) is 18.0 Å². The zero-order chi connectivity index (χ0) is 15.2. The van der Waals surface area contributed by atoms with Gasteiger partial charge in [0.05, 0.1) is 0 Å². The van der Waals surface area contributed by atoms with E-state index < -0.39 is 0 Å². The Morgan fingerprint density at radius 2 is 2.33 bits per heavy atom. The fourth-order valence-electron chi connectivity index (χ4n) is 2.59. The Hall–Kier alpha value is -1.20.